The van der Waals surface area contributed by atoms with Gasteiger partial charge in [0, 0.05) is 0 Å². The molecule has 3 nitrogen and oxygen atoms in total. The van der Waals surface area contributed by atoms with Crippen LogP contribution in [0.4, 0.5) is 4.39 Å². The second kappa shape index (κ2) is 6.45. The fourth-order valence-electron chi connectivity index (χ4n) is 2.15. The lowest BCUT2D eigenvalue weighted by molar-refractivity contribution is 0.218. The number of rotatable bonds is 4. The fraction of sp³-hybridized carbons (Fsp3) is 0.250. The largest absolute Gasteiger partial charge is 0.493 e. The van der Waals surface area contributed by atoms with E-state index < -0.39 is 6.10 Å². The number of methoxy groups -OCH3 is 2. The molecule has 0 fully saturated rings. The van der Waals surface area contributed by atoms with Crippen LogP contribution >= 0.6 is 15.9 Å². The highest BCUT2D eigenvalue weighted by molar-refractivity contribution is 9.10. The summed E-state index contributed by atoms with van der Waals surface area (Å²) in [4.78, 5) is 0. The minimum atomic E-state index is -0.873. The van der Waals surface area contributed by atoms with E-state index in [1.807, 2.05) is 6.92 Å². The molecule has 1 atom stereocenters. The third-order valence-corrected chi connectivity index (χ3v) is 3.93. The van der Waals surface area contributed by atoms with Crippen LogP contribution in [0.15, 0.2) is 34.8 Å². The van der Waals surface area contributed by atoms with Crippen LogP contribution in [0.3, 0.4) is 0 Å². The van der Waals surface area contributed by atoms with Crippen molar-refractivity contribution in [2.75, 3.05) is 14.2 Å². The Bertz CT molecular complexity index is 658. The van der Waals surface area contributed by atoms with Crippen LogP contribution in [0.5, 0.6) is 11.5 Å². The summed E-state index contributed by atoms with van der Waals surface area (Å²) in [5.41, 5.74) is 2.14. The molecule has 0 spiro atoms. The van der Waals surface area contributed by atoms with E-state index in [2.05, 4.69) is 15.9 Å². The number of aliphatic hydroxyl groups is 1. The number of hydrogen-bond acceptors (Lipinski definition) is 3. The molecule has 0 aliphatic carbocycles. The van der Waals surface area contributed by atoms with Gasteiger partial charge in [-0.2, -0.15) is 0 Å². The van der Waals surface area contributed by atoms with Gasteiger partial charge in [-0.25, -0.2) is 4.39 Å². The van der Waals surface area contributed by atoms with Crippen LogP contribution in [0.2, 0.25) is 0 Å². The minimum absolute atomic E-state index is 0.317. The van der Waals surface area contributed by atoms with Crippen LogP contribution in [0.1, 0.15) is 22.8 Å². The lowest BCUT2D eigenvalue weighted by atomic mass is 9.97. The third-order valence-electron chi connectivity index (χ3n) is 3.33. The molecule has 1 unspecified atom stereocenters. The highest BCUT2D eigenvalue weighted by Crippen LogP contribution is 2.35. The molecule has 2 aromatic carbocycles. The lowest BCUT2D eigenvalue weighted by Gasteiger charge is -2.17. The molecule has 21 heavy (non-hydrogen) atoms. The van der Waals surface area contributed by atoms with Gasteiger partial charge in [-0.3, -0.25) is 0 Å². The molecule has 0 heterocycles. The number of aliphatic hydroxyl groups excluding tert-OH is 1. The van der Waals surface area contributed by atoms with Crippen LogP contribution < -0.4 is 9.47 Å². The smallest absolute Gasteiger partial charge is 0.161 e. The molecule has 0 saturated heterocycles. The summed E-state index contributed by atoms with van der Waals surface area (Å²) in [6.45, 7) is 1.87. The molecule has 2 aromatic rings. The standard InChI is InChI=1S/C16H16BrFO3/c1-9-6-14(20-2)15(21-3)8-11(9)16(19)10-4-5-13(18)12(17)7-10/h4-8,16,19H,1-3H3. The van der Waals surface area contributed by atoms with Crippen molar-refractivity contribution in [3.8, 4) is 11.5 Å². The molecule has 0 bridgehead atoms. The second-order valence-electron chi connectivity index (χ2n) is 4.64. The number of ether oxygens (including phenoxy) is 2. The maximum atomic E-state index is 13.3. The zero-order valence-electron chi connectivity index (χ0n) is 12.0. The molecule has 2 rings (SSSR count). The van der Waals surface area contributed by atoms with E-state index in [4.69, 9.17) is 9.47 Å². The van der Waals surface area contributed by atoms with Gasteiger partial charge in [0.25, 0.3) is 0 Å². The Morgan fingerprint density at radius 2 is 1.71 bits per heavy atom. The normalized spacial score (nSPS) is 12.1. The molecule has 0 aromatic heterocycles. The van der Waals surface area contributed by atoms with Gasteiger partial charge in [0.1, 0.15) is 11.9 Å². The molecule has 0 aliphatic rings. The average Bonchev–Trinajstić information content (AvgIpc) is 2.49. The maximum Gasteiger partial charge on any atom is 0.161 e. The van der Waals surface area contributed by atoms with Gasteiger partial charge < -0.3 is 14.6 Å². The van der Waals surface area contributed by atoms with E-state index in [-0.39, 0.29) is 5.82 Å². The van der Waals surface area contributed by atoms with E-state index >= 15 is 0 Å². The topological polar surface area (TPSA) is 38.7 Å². The molecular weight excluding hydrogens is 339 g/mol. The number of benzene rings is 2. The molecule has 0 radical (unpaired) electrons. The van der Waals surface area contributed by atoms with Gasteiger partial charge in [0.15, 0.2) is 11.5 Å². The van der Waals surface area contributed by atoms with Crippen LogP contribution in [-0.2, 0) is 0 Å². The van der Waals surface area contributed by atoms with E-state index in [0.29, 0.717) is 27.1 Å². The van der Waals surface area contributed by atoms with Crippen LogP contribution in [0, 0.1) is 12.7 Å². The monoisotopic (exact) mass is 354 g/mol. The minimum Gasteiger partial charge on any atom is -0.493 e. The molecule has 0 amide bonds. The van der Waals surface area contributed by atoms with E-state index in [1.165, 1.54) is 13.2 Å². The molecular formula is C16H16BrFO3. The summed E-state index contributed by atoms with van der Waals surface area (Å²) >= 11 is 3.13. The third kappa shape index (κ3) is 3.19. The number of halogens is 2. The summed E-state index contributed by atoms with van der Waals surface area (Å²) in [7, 11) is 3.10. The van der Waals surface area contributed by atoms with E-state index in [9.17, 15) is 9.50 Å². The average molecular weight is 355 g/mol. The van der Waals surface area contributed by atoms with Gasteiger partial charge in [-0.05, 0) is 63.8 Å². The first-order valence-corrected chi connectivity index (χ1v) is 7.12. The van der Waals surface area contributed by atoms with Crippen molar-refractivity contribution in [2.45, 2.75) is 13.0 Å². The van der Waals surface area contributed by atoms with Gasteiger partial charge >= 0.3 is 0 Å². The van der Waals surface area contributed by atoms with E-state index in [1.54, 1.807) is 31.4 Å². The highest BCUT2D eigenvalue weighted by Gasteiger charge is 2.17. The van der Waals surface area contributed by atoms with E-state index in [0.717, 1.165) is 5.56 Å². The first kappa shape index (κ1) is 15.8. The Morgan fingerprint density at radius 3 is 2.29 bits per heavy atom. The summed E-state index contributed by atoms with van der Waals surface area (Å²) in [5.74, 6) is 0.777. The predicted molar refractivity (Wildman–Crippen MR) is 82.4 cm³/mol. The van der Waals surface area contributed by atoms with Gasteiger partial charge in [0.2, 0.25) is 0 Å². The molecule has 1 N–H and O–H groups in total. The zero-order valence-corrected chi connectivity index (χ0v) is 13.6. The van der Waals surface area contributed by atoms with Crippen molar-refractivity contribution in [1.82, 2.24) is 0 Å². The Hall–Kier alpha value is -1.59. The van der Waals surface area contributed by atoms with Crippen molar-refractivity contribution in [3.05, 3.63) is 57.3 Å². The number of hydrogen-bond donors (Lipinski definition) is 1. The number of aryl methyl sites for hydroxylation is 1. The maximum absolute atomic E-state index is 13.3. The Labute approximate surface area is 131 Å². The van der Waals surface area contributed by atoms with Crippen molar-refractivity contribution in [2.24, 2.45) is 0 Å². The quantitative estimate of drug-likeness (QED) is 0.901. The molecule has 0 saturated carbocycles. The fourth-order valence-corrected chi connectivity index (χ4v) is 2.55. The van der Waals surface area contributed by atoms with Crippen molar-refractivity contribution in [1.29, 1.82) is 0 Å². The Morgan fingerprint density at radius 1 is 1.10 bits per heavy atom. The van der Waals surface area contributed by atoms with Crippen molar-refractivity contribution in [3.63, 3.8) is 0 Å². The van der Waals surface area contributed by atoms with Crippen LogP contribution in [0.25, 0.3) is 0 Å². The van der Waals surface area contributed by atoms with Crippen molar-refractivity contribution >= 4 is 15.9 Å². The Balaban J connectivity index is 2.47. The second-order valence-corrected chi connectivity index (χ2v) is 5.49. The summed E-state index contributed by atoms with van der Waals surface area (Å²) < 4.78 is 24.1. The van der Waals surface area contributed by atoms with Crippen LogP contribution in [-0.4, -0.2) is 19.3 Å². The molecule has 112 valence electrons. The first-order valence-electron chi connectivity index (χ1n) is 6.33. The van der Waals surface area contributed by atoms with Gasteiger partial charge in [0.05, 0.1) is 18.7 Å². The van der Waals surface area contributed by atoms with Crippen molar-refractivity contribution < 1.29 is 19.0 Å². The SMILES string of the molecule is COc1cc(C)c(C(O)c2ccc(F)c(Br)c2)cc1OC. The van der Waals surface area contributed by atoms with Gasteiger partial charge in [-0.1, -0.05) is 6.07 Å². The molecule has 5 heteroatoms. The summed E-state index contributed by atoms with van der Waals surface area (Å²) in [5, 5.41) is 10.5. The Kier molecular flexibility index (Phi) is 4.85. The summed E-state index contributed by atoms with van der Waals surface area (Å²) in [6, 6.07) is 7.97. The lowest BCUT2D eigenvalue weighted by Crippen LogP contribution is -2.04. The summed E-state index contributed by atoms with van der Waals surface area (Å²) in [6.07, 6.45) is -0.873. The van der Waals surface area contributed by atoms with Gasteiger partial charge in [-0.15, -0.1) is 0 Å². The zero-order chi connectivity index (χ0) is 15.6. The molecule has 0 aliphatic heterocycles. The predicted octanol–water partition coefficient (Wildman–Crippen LogP) is 4.00. The highest BCUT2D eigenvalue weighted by atomic mass is 79.9. The first-order chi connectivity index (χ1) is 9.97.